The number of para-hydroxylation sites is 1. The number of primary amides is 1. The maximum Gasteiger partial charge on any atom is 0.241 e. The Labute approximate surface area is 137 Å². The van der Waals surface area contributed by atoms with Gasteiger partial charge in [-0.1, -0.05) is 18.2 Å². The highest BCUT2D eigenvalue weighted by atomic mass is 32.1. The predicted octanol–water partition coefficient (Wildman–Crippen LogP) is 1.95. The van der Waals surface area contributed by atoms with E-state index in [-0.39, 0.29) is 5.91 Å². The van der Waals surface area contributed by atoms with Crippen LogP contribution in [0.1, 0.15) is 23.3 Å². The van der Waals surface area contributed by atoms with Crippen molar-refractivity contribution in [3.63, 3.8) is 0 Å². The number of aromatic nitrogens is 1. The lowest BCUT2D eigenvalue weighted by molar-refractivity contribution is -0.132. The molecule has 6 nitrogen and oxygen atoms in total. The van der Waals surface area contributed by atoms with Gasteiger partial charge in [-0.05, 0) is 24.5 Å². The van der Waals surface area contributed by atoms with E-state index in [1.165, 1.54) is 11.3 Å². The molecular weight excluding hydrogens is 314 g/mol. The normalized spacial score (nSPS) is 15.0. The van der Waals surface area contributed by atoms with Crippen LogP contribution in [-0.2, 0) is 16.0 Å². The van der Waals surface area contributed by atoms with E-state index < -0.39 is 11.3 Å². The number of nitrogens with two attached hydrogens (primary N) is 1. The van der Waals surface area contributed by atoms with E-state index >= 15 is 0 Å². The van der Waals surface area contributed by atoms with Gasteiger partial charge >= 0.3 is 0 Å². The van der Waals surface area contributed by atoms with Gasteiger partial charge < -0.3 is 15.8 Å². The number of benzene rings is 1. The first-order valence-corrected chi connectivity index (χ1v) is 8.05. The molecule has 3 N–H and O–H groups in total. The Kier molecular flexibility index (Phi) is 4.04. The Morgan fingerprint density at radius 3 is 2.78 bits per heavy atom. The van der Waals surface area contributed by atoms with E-state index in [0.717, 1.165) is 16.2 Å². The standard InChI is InChI=1S/C16H17N3O3S/c1-22-12-5-3-2-4-10(12)8-11-9-18-15(23-11)19-14(21)16(6-7-16)13(17)20/h2-5,9H,6-8H2,1H3,(H2,17,20)(H,18,19,21). The van der Waals surface area contributed by atoms with Crippen LogP contribution in [0.2, 0.25) is 0 Å². The van der Waals surface area contributed by atoms with E-state index in [0.29, 0.717) is 24.4 Å². The fourth-order valence-corrected chi connectivity index (χ4v) is 3.24. The van der Waals surface area contributed by atoms with E-state index in [4.69, 9.17) is 10.5 Å². The molecule has 0 aliphatic heterocycles. The molecule has 1 aromatic carbocycles. The lowest BCUT2D eigenvalue weighted by atomic mass is 10.1. The topological polar surface area (TPSA) is 94.3 Å². The average molecular weight is 331 g/mol. The van der Waals surface area contributed by atoms with Gasteiger partial charge in [0.15, 0.2) is 5.13 Å². The summed E-state index contributed by atoms with van der Waals surface area (Å²) in [6.07, 6.45) is 3.40. The highest BCUT2D eigenvalue weighted by Gasteiger charge is 2.55. The number of carbonyl (C=O) groups is 2. The molecule has 3 rings (SSSR count). The molecule has 0 bridgehead atoms. The third-order valence-electron chi connectivity index (χ3n) is 3.99. The van der Waals surface area contributed by atoms with Crippen molar-refractivity contribution in [2.75, 3.05) is 12.4 Å². The number of rotatable bonds is 6. The molecule has 0 radical (unpaired) electrons. The first-order valence-electron chi connectivity index (χ1n) is 7.23. The van der Waals surface area contributed by atoms with Crippen molar-refractivity contribution >= 4 is 28.3 Å². The van der Waals surface area contributed by atoms with Crippen LogP contribution < -0.4 is 15.8 Å². The van der Waals surface area contributed by atoms with Gasteiger partial charge in [0.25, 0.3) is 0 Å². The number of hydrogen-bond acceptors (Lipinski definition) is 5. The summed E-state index contributed by atoms with van der Waals surface area (Å²) in [6, 6.07) is 7.76. The van der Waals surface area contributed by atoms with Gasteiger partial charge in [-0.25, -0.2) is 4.98 Å². The molecule has 1 fully saturated rings. The minimum Gasteiger partial charge on any atom is -0.496 e. The molecule has 120 valence electrons. The quantitative estimate of drug-likeness (QED) is 0.791. The highest BCUT2D eigenvalue weighted by Crippen LogP contribution is 2.46. The number of methoxy groups -OCH3 is 1. The zero-order valence-corrected chi connectivity index (χ0v) is 13.5. The number of nitrogens with zero attached hydrogens (tertiary/aromatic N) is 1. The summed E-state index contributed by atoms with van der Waals surface area (Å²) >= 11 is 1.38. The molecular formula is C16H17N3O3S. The minimum absolute atomic E-state index is 0.358. The summed E-state index contributed by atoms with van der Waals surface area (Å²) in [4.78, 5) is 28.7. The molecule has 1 aromatic heterocycles. The van der Waals surface area contributed by atoms with Gasteiger partial charge in [-0.15, -0.1) is 11.3 Å². The minimum atomic E-state index is -1.03. The fraction of sp³-hybridized carbons (Fsp3) is 0.312. The maximum absolute atomic E-state index is 12.1. The maximum atomic E-state index is 12.1. The first kappa shape index (κ1) is 15.5. The summed E-state index contributed by atoms with van der Waals surface area (Å²) < 4.78 is 5.33. The lowest BCUT2D eigenvalue weighted by Gasteiger charge is -2.09. The number of carbonyl (C=O) groups excluding carboxylic acids is 2. The number of amides is 2. The van der Waals surface area contributed by atoms with Gasteiger partial charge in [-0.2, -0.15) is 0 Å². The van der Waals surface area contributed by atoms with E-state index in [2.05, 4.69) is 10.3 Å². The number of nitrogens with one attached hydrogen (secondary N) is 1. The van der Waals surface area contributed by atoms with Crippen molar-refractivity contribution in [2.24, 2.45) is 11.1 Å². The van der Waals surface area contributed by atoms with Gasteiger partial charge in [-0.3, -0.25) is 9.59 Å². The Bertz CT molecular complexity index is 753. The van der Waals surface area contributed by atoms with Gasteiger partial charge in [0.2, 0.25) is 11.8 Å². The number of thiazole rings is 1. The predicted molar refractivity (Wildman–Crippen MR) is 87.4 cm³/mol. The Balaban J connectivity index is 1.69. The SMILES string of the molecule is COc1ccccc1Cc1cnc(NC(=O)C2(C(N)=O)CC2)s1. The van der Waals surface area contributed by atoms with Crippen molar-refractivity contribution in [2.45, 2.75) is 19.3 Å². The highest BCUT2D eigenvalue weighted by molar-refractivity contribution is 7.15. The summed E-state index contributed by atoms with van der Waals surface area (Å²) in [5.74, 6) is -0.110. The second-order valence-corrected chi connectivity index (χ2v) is 6.64. The fourth-order valence-electron chi connectivity index (χ4n) is 2.41. The lowest BCUT2D eigenvalue weighted by Crippen LogP contribution is -2.36. The van der Waals surface area contributed by atoms with Crippen molar-refractivity contribution in [1.29, 1.82) is 0 Å². The Hall–Kier alpha value is -2.41. The van der Waals surface area contributed by atoms with Gasteiger partial charge in [0.05, 0.1) is 7.11 Å². The summed E-state index contributed by atoms with van der Waals surface area (Å²) in [6.45, 7) is 0. The second-order valence-electron chi connectivity index (χ2n) is 5.52. The van der Waals surface area contributed by atoms with Crippen LogP contribution >= 0.6 is 11.3 Å². The second kappa shape index (κ2) is 6.00. The van der Waals surface area contributed by atoms with E-state index in [9.17, 15) is 9.59 Å². The first-order chi connectivity index (χ1) is 11.0. The summed E-state index contributed by atoms with van der Waals surface area (Å²) in [5, 5.41) is 3.18. The molecule has 1 heterocycles. The van der Waals surface area contributed by atoms with Crippen molar-refractivity contribution in [1.82, 2.24) is 4.98 Å². The van der Waals surface area contributed by atoms with Crippen molar-refractivity contribution < 1.29 is 14.3 Å². The Morgan fingerprint density at radius 2 is 2.13 bits per heavy atom. The van der Waals surface area contributed by atoms with Gasteiger partial charge in [0.1, 0.15) is 11.2 Å². The average Bonchev–Trinajstić information content (AvgIpc) is 3.25. The van der Waals surface area contributed by atoms with Crippen LogP contribution in [0.3, 0.4) is 0 Å². The zero-order chi connectivity index (χ0) is 16.4. The monoisotopic (exact) mass is 331 g/mol. The molecule has 0 spiro atoms. The molecule has 7 heteroatoms. The third kappa shape index (κ3) is 3.05. The summed E-state index contributed by atoms with van der Waals surface area (Å²) in [7, 11) is 1.63. The molecule has 1 aliphatic carbocycles. The molecule has 0 saturated heterocycles. The van der Waals surface area contributed by atoms with E-state index in [1.807, 2.05) is 24.3 Å². The van der Waals surface area contributed by atoms with Crippen molar-refractivity contribution in [3.05, 3.63) is 40.9 Å². The van der Waals surface area contributed by atoms with Crippen LogP contribution in [0.15, 0.2) is 30.5 Å². The number of anilines is 1. The van der Waals surface area contributed by atoms with Crippen LogP contribution in [-0.4, -0.2) is 23.9 Å². The largest absolute Gasteiger partial charge is 0.496 e. The van der Waals surface area contributed by atoms with Crippen molar-refractivity contribution in [3.8, 4) is 5.75 Å². The molecule has 1 saturated carbocycles. The molecule has 1 aliphatic rings. The summed E-state index contributed by atoms with van der Waals surface area (Å²) in [5.41, 5.74) is 5.31. The Morgan fingerprint density at radius 1 is 1.39 bits per heavy atom. The van der Waals surface area contributed by atoms with Crippen LogP contribution in [0.25, 0.3) is 0 Å². The molecule has 0 atom stereocenters. The third-order valence-corrected chi connectivity index (χ3v) is 4.90. The van der Waals surface area contributed by atoms with Crippen LogP contribution in [0.4, 0.5) is 5.13 Å². The van der Waals surface area contributed by atoms with Crippen LogP contribution in [0.5, 0.6) is 5.75 Å². The number of hydrogen-bond donors (Lipinski definition) is 2. The molecule has 2 amide bonds. The van der Waals surface area contributed by atoms with Gasteiger partial charge in [0, 0.05) is 17.5 Å². The number of ether oxygens (including phenoxy) is 1. The molecule has 23 heavy (non-hydrogen) atoms. The van der Waals surface area contributed by atoms with E-state index in [1.54, 1.807) is 13.3 Å². The zero-order valence-electron chi connectivity index (χ0n) is 12.7. The smallest absolute Gasteiger partial charge is 0.241 e. The van der Waals surface area contributed by atoms with Crippen LogP contribution in [0, 0.1) is 5.41 Å². The molecule has 2 aromatic rings. The molecule has 0 unspecified atom stereocenters.